The van der Waals surface area contributed by atoms with Crippen LogP contribution in [0.3, 0.4) is 0 Å². The molecule has 136 valence electrons. The van der Waals surface area contributed by atoms with Crippen molar-refractivity contribution in [2.24, 2.45) is 4.99 Å². The largest absolute Gasteiger partial charge is 0.357 e. The molecule has 2 heterocycles. The Labute approximate surface area is 150 Å². The predicted molar refractivity (Wildman–Crippen MR) is 102 cm³/mol. The quantitative estimate of drug-likeness (QED) is 0.653. The highest BCUT2D eigenvalue weighted by molar-refractivity contribution is 5.89. The third-order valence-corrected chi connectivity index (χ3v) is 4.72. The zero-order chi connectivity index (χ0) is 17.5. The first-order valence-corrected chi connectivity index (χ1v) is 9.44. The highest BCUT2D eigenvalue weighted by Crippen LogP contribution is 2.15. The highest BCUT2D eigenvalue weighted by atomic mass is 16.2. The maximum atomic E-state index is 12.2. The van der Waals surface area contributed by atoms with E-state index in [-0.39, 0.29) is 6.03 Å². The minimum absolute atomic E-state index is 0.00329. The van der Waals surface area contributed by atoms with E-state index in [0.29, 0.717) is 6.54 Å². The van der Waals surface area contributed by atoms with Gasteiger partial charge in [-0.05, 0) is 50.3 Å². The van der Waals surface area contributed by atoms with Crippen molar-refractivity contribution in [2.75, 3.05) is 38.0 Å². The fraction of sp³-hybridized carbons (Fsp3) is 0.579. The molecule has 2 amide bonds. The molecule has 0 atom stereocenters. The molecule has 0 aromatic heterocycles. The first kappa shape index (κ1) is 17.6. The van der Waals surface area contributed by atoms with Crippen molar-refractivity contribution in [3.63, 3.8) is 0 Å². The second-order valence-corrected chi connectivity index (χ2v) is 6.69. The normalized spacial score (nSPS) is 17.9. The number of carbonyl (C=O) groups excluding carboxylic acids is 1. The van der Waals surface area contributed by atoms with Crippen LogP contribution in [0.5, 0.6) is 0 Å². The van der Waals surface area contributed by atoms with Crippen LogP contribution in [0.15, 0.2) is 29.3 Å². The Balaban J connectivity index is 1.61. The monoisotopic (exact) mass is 343 g/mol. The van der Waals surface area contributed by atoms with E-state index in [0.717, 1.165) is 62.8 Å². The van der Waals surface area contributed by atoms with Crippen LogP contribution in [0.25, 0.3) is 0 Å². The fourth-order valence-corrected chi connectivity index (χ4v) is 3.39. The minimum atomic E-state index is 0.00329. The molecule has 6 nitrogen and oxygen atoms in total. The molecule has 0 bridgehead atoms. The van der Waals surface area contributed by atoms with E-state index in [1.54, 1.807) is 0 Å². The van der Waals surface area contributed by atoms with Crippen LogP contribution < -0.4 is 10.6 Å². The maximum Gasteiger partial charge on any atom is 0.321 e. The first-order chi connectivity index (χ1) is 12.3. The molecule has 0 radical (unpaired) electrons. The summed E-state index contributed by atoms with van der Waals surface area (Å²) in [6.07, 6.45) is 4.68. The first-order valence-electron chi connectivity index (χ1n) is 9.44. The van der Waals surface area contributed by atoms with Gasteiger partial charge in [-0.15, -0.1) is 0 Å². The summed E-state index contributed by atoms with van der Waals surface area (Å²) in [6.45, 7) is 7.47. The molecule has 1 aromatic carbocycles. The van der Waals surface area contributed by atoms with Crippen molar-refractivity contribution in [1.29, 1.82) is 0 Å². The molecule has 0 spiro atoms. The van der Waals surface area contributed by atoms with Gasteiger partial charge in [0.1, 0.15) is 0 Å². The number of carbonyl (C=O) groups is 1. The lowest BCUT2D eigenvalue weighted by molar-refractivity contribution is 0.222. The van der Waals surface area contributed by atoms with E-state index in [1.165, 1.54) is 12.8 Å². The molecule has 2 N–H and O–H groups in total. The Hall–Kier alpha value is -2.24. The van der Waals surface area contributed by atoms with Gasteiger partial charge >= 0.3 is 6.03 Å². The average Bonchev–Trinajstić information content (AvgIpc) is 3.32. The molecule has 25 heavy (non-hydrogen) atoms. The number of amides is 2. The number of urea groups is 1. The van der Waals surface area contributed by atoms with Crippen molar-refractivity contribution in [2.45, 2.75) is 39.2 Å². The summed E-state index contributed by atoms with van der Waals surface area (Å²) in [5, 5.41) is 6.38. The van der Waals surface area contributed by atoms with E-state index in [4.69, 9.17) is 4.99 Å². The molecule has 6 heteroatoms. The molecule has 2 fully saturated rings. The number of nitrogens with one attached hydrogen (secondary N) is 2. The summed E-state index contributed by atoms with van der Waals surface area (Å²) in [6, 6.07) is 8.00. The molecule has 0 aliphatic carbocycles. The Bertz CT molecular complexity index is 604. The standard InChI is InChI=1S/C19H29N5O/c1-2-20-18(23-10-3-4-11-23)21-15-16-8-7-9-17(14-16)22-19(25)24-12-5-6-13-24/h7-9,14H,2-6,10-13,15H2,1H3,(H,20,21)(H,22,25). The second kappa shape index (κ2) is 8.74. The molecule has 2 aliphatic heterocycles. The SMILES string of the molecule is CCNC(=NCc1cccc(NC(=O)N2CCCC2)c1)N1CCCC1. The minimum Gasteiger partial charge on any atom is -0.357 e. The summed E-state index contributed by atoms with van der Waals surface area (Å²) < 4.78 is 0. The Morgan fingerprint density at radius 3 is 2.44 bits per heavy atom. The van der Waals surface area contributed by atoms with Gasteiger partial charge < -0.3 is 20.4 Å². The predicted octanol–water partition coefficient (Wildman–Crippen LogP) is 2.88. The van der Waals surface area contributed by atoms with Gasteiger partial charge in [0.25, 0.3) is 0 Å². The lowest BCUT2D eigenvalue weighted by Gasteiger charge is -2.20. The average molecular weight is 343 g/mol. The molecular weight excluding hydrogens is 314 g/mol. The molecular formula is C19H29N5O. The van der Waals surface area contributed by atoms with Crippen LogP contribution in [0, 0.1) is 0 Å². The second-order valence-electron chi connectivity index (χ2n) is 6.69. The van der Waals surface area contributed by atoms with Gasteiger partial charge in [0, 0.05) is 38.4 Å². The maximum absolute atomic E-state index is 12.2. The van der Waals surface area contributed by atoms with E-state index in [1.807, 2.05) is 23.1 Å². The van der Waals surface area contributed by atoms with Crippen LogP contribution >= 0.6 is 0 Å². The number of hydrogen-bond acceptors (Lipinski definition) is 2. The zero-order valence-corrected chi connectivity index (χ0v) is 15.1. The summed E-state index contributed by atoms with van der Waals surface area (Å²) in [7, 11) is 0. The number of likely N-dealkylation sites (tertiary alicyclic amines) is 2. The number of benzene rings is 1. The van der Waals surface area contributed by atoms with Crippen molar-refractivity contribution in [3.8, 4) is 0 Å². The van der Waals surface area contributed by atoms with E-state index >= 15 is 0 Å². The van der Waals surface area contributed by atoms with Gasteiger partial charge in [0.15, 0.2) is 5.96 Å². The van der Waals surface area contributed by atoms with Crippen molar-refractivity contribution >= 4 is 17.7 Å². The number of aliphatic imine (C=N–C) groups is 1. The molecule has 3 rings (SSSR count). The summed E-state index contributed by atoms with van der Waals surface area (Å²) >= 11 is 0. The molecule has 0 saturated carbocycles. The van der Waals surface area contributed by atoms with E-state index in [9.17, 15) is 4.79 Å². The number of anilines is 1. The molecule has 2 saturated heterocycles. The smallest absolute Gasteiger partial charge is 0.321 e. The Morgan fingerprint density at radius 1 is 1.08 bits per heavy atom. The number of hydrogen-bond donors (Lipinski definition) is 2. The van der Waals surface area contributed by atoms with Crippen LogP contribution in [0.2, 0.25) is 0 Å². The van der Waals surface area contributed by atoms with Crippen molar-refractivity contribution in [3.05, 3.63) is 29.8 Å². The molecule has 1 aromatic rings. The summed E-state index contributed by atoms with van der Waals surface area (Å²) in [4.78, 5) is 21.2. The Morgan fingerprint density at radius 2 is 1.76 bits per heavy atom. The lowest BCUT2D eigenvalue weighted by atomic mass is 10.2. The summed E-state index contributed by atoms with van der Waals surface area (Å²) in [5.74, 6) is 0.992. The van der Waals surface area contributed by atoms with Gasteiger partial charge in [0.05, 0.1) is 6.54 Å². The highest BCUT2D eigenvalue weighted by Gasteiger charge is 2.18. The summed E-state index contributed by atoms with van der Waals surface area (Å²) in [5.41, 5.74) is 1.95. The van der Waals surface area contributed by atoms with Crippen molar-refractivity contribution in [1.82, 2.24) is 15.1 Å². The van der Waals surface area contributed by atoms with E-state index in [2.05, 4.69) is 28.5 Å². The van der Waals surface area contributed by atoms with Gasteiger partial charge in [-0.1, -0.05) is 12.1 Å². The van der Waals surface area contributed by atoms with Crippen LogP contribution in [0.1, 0.15) is 38.2 Å². The van der Waals surface area contributed by atoms with Crippen LogP contribution in [-0.2, 0) is 6.54 Å². The van der Waals surface area contributed by atoms with Crippen molar-refractivity contribution < 1.29 is 4.79 Å². The van der Waals surface area contributed by atoms with E-state index < -0.39 is 0 Å². The fourth-order valence-electron chi connectivity index (χ4n) is 3.39. The number of nitrogens with zero attached hydrogens (tertiary/aromatic N) is 3. The van der Waals surface area contributed by atoms with Crippen LogP contribution in [0.4, 0.5) is 10.5 Å². The van der Waals surface area contributed by atoms with Gasteiger partial charge in [-0.25, -0.2) is 9.79 Å². The number of rotatable bonds is 4. The van der Waals surface area contributed by atoms with Gasteiger partial charge in [-0.2, -0.15) is 0 Å². The Kier molecular flexibility index (Phi) is 6.14. The zero-order valence-electron chi connectivity index (χ0n) is 15.1. The third kappa shape index (κ3) is 4.87. The van der Waals surface area contributed by atoms with Crippen LogP contribution in [-0.4, -0.2) is 54.5 Å². The third-order valence-electron chi connectivity index (χ3n) is 4.72. The lowest BCUT2D eigenvalue weighted by Crippen LogP contribution is -2.39. The number of guanidine groups is 1. The molecule has 2 aliphatic rings. The van der Waals surface area contributed by atoms with Gasteiger partial charge in [-0.3, -0.25) is 0 Å². The molecule has 0 unspecified atom stereocenters. The topological polar surface area (TPSA) is 60.0 Å². The van der Waals surface area contributed by atoms with Gasteiger partial charge in [0.2, 0.25) is 0 Å².